The van der Waals surface area contributed by atoms with Gasteiger partial charge in [-0.15, -0.1) is 0 Å². The van der Waals surface area contributed by atoms with Crippen LogP contribution in [0.25, 0.3) is 0 Å². The Labute approximate surface area is 110 Å². The van der Waals surface area contributed by atoms with Gasteiger partial charge in [-0.25, -0.2) is 0 Å². The van der Waals surface area contributed by atoms with Crippen molar-refractivity contribution >= 4 is 17.3 Å². The zero-order valence-corrected chi connectivity index (χ0v) is 10.6. The summed E-state index contributed by atoms with van der Waals surface area (Å²) in [5.41, 5.74) is 5.84. The smallest absolute Gasteiger partial charge is 0.271 e. The van der Waals surface area contributed by atoms with Crippen LogP contribution in [0, 0.1) is 10.1 Å². The number of nitrogens with two attached hydrogens (primary N) is 1. The second kappa shape index (κ2) is 5.54. The zero-order valence-electron chi connectivity index (χ0n) is 9.84. The maximum absolute atomic E-state index is 10.6. The monoisotopic (exact) mass is 270 g/mol. The number of benzene rings is 1. The van der Waals surface area contributed by atoms with Gasteiger partial charge < -0.3 is 10.5 Å². The molecule has 2 rings (SSSR count). The average molecular weight is 271 g/mol. The molecule has 1 aromatic carbocycles. The van der Waals surface area contributed by atoms with Gasteiger partial charge in [0.2, 0.25) is 0 Å². The molecule has 0 amide bonds. The minimum atomic E-state index is -0.480. The molecule has 0 radical (unpaired) electrons. The highest BCUT2D eigenvalue weighted by molar-refractivity contribution is 6.32. The Morgan fingerprint density at radius 2 is 2.22 bits per heavy atom. The van der Waals surface area contributed by atoms with E-state index in [0.717, 1.165) is 25.7 Å². The molecule has 1 aliphatic carbocycles. The van der Waals surface area contributed by atoms with Crippen LogP contribution in [0.3, 0.4) is 0 Å². The molecule has 1 aromatic rings. The van der Waals surface area contributed by atoms with Crippen molar-refractivity contribution in [2.75, 3.05) is 0 Å². The molecule has 1 saturated carbocycles. The van der Waals surface area contributed by atoms with Gasteiger partial charge in [0.1, 0.15) is 11.9 Å². The number of non-ortho nitro benzene ring substituents is 1. The van der Waals surface area contributed by atoms with Crippen molar-refractivity contribution in [3.05, 3.63) is 33.3 Å². The minimum absolute atomic E-state index is 0.0345. The molecule has 18 heavy (non-hydrogen) atoms. The molecular formula is C12H15ClN2O3. The third kappa shape index (κ3) is 3.11. The number of hydrogen-bond acceptors (Lipinski definition) is 4. The predicted molar refractivity (Wildman–Crippen MR) is 69.0 cm³/mol. The molecule has 6 heteroatoms. The number of nitro benzene ring substituents is 1. The number of rotatable bonds is 3. The van der Waals surface area contributed by atoms with Crippen molar-refractivity contribution in [3.63, 3.8) is 0 Å². The predicted octanol–water partition coefficient (Wildman–Crippen LogP) is 2.90. The maximum Gasteiger partial charge on any atom is 0.271 e. The van der Waals surface area contributed by atoms with Gasteiger partial charge in [0.05, 0.1) is 9.95 Å². The van der Waals surface area contributed by atoms with Crippen molar-refractivity contribution in [1.29, 1.82) is 0 Å². The van der Waals surface area contributed by atoms with Gasteiger partial charge in [0.25, 0.3) is 5.69 Å². The van der Waals surface area contributed by atoms with Crippen LogP contribution in [0.1, 0.15) is 25.7 Å². The quantitative estimate of drug-likeness (QED) is 0.677. The van der Waals surface area contributed by atoms with Crippen molar-refractivity contribution in [3.8, 4) is 5.75 Å². The van der Waals surface area contributed by atoms with E-state index in [4.69, 9.17) is 22.1 Å². The highest BCUT2D eigenvalue weighted by Gasteiger charge is 2.22. The molecule has 5 nitrogen and oxygen atoms in total. The summed E-state index contributed by atoms with van der Waals surface area (Å²) in [6, 6.07) is 4.41. The summed E-state index contributed by atoms with van der Waals surface area (Å²) in [6.45, 7) is 0. The van der Waals surface area contributed by atoms with E-state index in [-0.39, 0.29) is 22.9 Å². The first-order valence-electron chi connectivity index (χ1n) is 5.92. The molecule has 0 bridgehead atoms. The Morgan fingerprint density at radius 3 is 2.83 bits per heavy atom. The van der Waals surface area contributed by atoms with E-state index in [2.05, 4.69) is 0 Å². The Kier molecular flexibility index (Phi) is 4.04. The maximum atomic E-state index is 10.6. The molecule has 2 atom stereocenters. The SMILES string of the molecule is NC1CCCC(Oc2ccc([N+](=O)[O-])cc2Cl)C1. The highest BCUT2D eigenvalue weighted by Crippen LogP contribution is 2.31. The number of nitro groups is 1. The Balaban J connectivity index is 2.07. The van der Waals surface area contributed by atoms with Crippen molar-refractivity contribution < 1.29 is 9.66 Å². The van der Waals surface area contributed by atoms with Gasteiger partial charge in [-0.1, -0.05) is 11.6 Å². The van der Waals surface area contributed by atoms with Crippen molar-refractivity contribution in [2.45, 2.75) is 37.8 Å². The lowest BCUT2D eigenvalue weighted by Gasteiger charge is -2.27. The fourth-order valence-corrected chi connectivity index (χ4v) is 2.39. The molecule has 1 fully saturated rings. The lowest BCUT2D eigenvalue weighted by atomic mass is 9.93. The number of nitrogens with zero attached hydrogens (tertiary/aromatic N) is 1. The topological polar surface area (TPSA) is 78.4 Å². The van der Waals surface area contributed by atoms with Crippen molar-refractivity contribution in [1.82, 2.24) is 0 Å². The molecule has 1 aliphatic rings. The van der Waals surface area contributed by atoms with Crippen LogP contribution in [0.2, 0.25) is 5.02 Å². The van der Waals surface area contributed by atoms with Crippen LogP contribution in [-0.4, -0.2) is 17.1 Å². The summed E-state index contributed by atoms with van der Waals surface area (Å²) in [5, 5.41) is 10.9. The summed E-state index contributed by atoms with van der Waals surface area (Å²) >= 11 is 5.97. The lowest BCUT2D eigenvalue weighted by molar-refractivity contribution is -0.384. The fraction of sp³-hybridized carbons (Fsp3) is 0.500. The Hall–Kier alpha value is -1.33. The molecule has 0 spiro atoms. The van der Waals surface area contributed by atoms with E-state index in [1.54, 1.807) is 6.07 Å². The molecular weight excluding hydrogens is 256 g/mol. The standard InChI is InChI=1S/C12H15ClN2O3/c13-11-7-9(15(16)17)4-5-12(11)18-10-3-1-2-8(14)6-10/h4-5,7-8,10H,1-3,6,14H2. The van der Waals surface area contributed by atoms with Gasteiger partial charge in [-0.3, -0.25) is 10.1 Å². The first kappa shape index (κ1) is 13.1. The van der Waals surface area contributed by atoms with E-state index in [0.29, 0.717) is 5.75 Å². The van der Waals surface area contributed by atoms with Crippen LogP contribution in [0.4, 0.5) is 5.69 Å². The van der Waals surface area contributed by atoms with Crippen LogP contribution >= 0.6 is 11.6 Å². The van der Waals surface area contributed by atoms with Crippen LogP contribution in [0.15, 0.2) is 18.2 Å². The first-order valence-corrected chi connectivity index (χ1v) is 6.30. The van der Waals surface area contributed by atoms with Gasteiger partial charge in [0.15, 0.2) is 0 Å². The van der Waals surface area contributed by atoms with Gasteiger partial charge >= 0.3 is 0 Å². The number of hydrogen-bond donors (Lipinski definition) is 1. The number of halogens is 1. The summed E-state index contributed by atoms with van der Waals surface area (Å²) in [4.78, 5) is 10.1. The number of ether oxygens (including phenoxy) is 1. The normalized spacial score (nSPS) is 23.7. The van der Waals surface area contributed by atoms with Crippen LogP contribution in [0.5, 0.6) is 5.75 Å². The summed E-state index contributed by atoms with van der Waals surface area (Å²) in [5.74, 6) is 0.487. The summed E-state index contributed by atoms with van der Waals surface area (Å²) in [7, 11) is 0. The van der Waals surface area contributed by atoms with E-state index in [9.17, 15) is 10.1 Å². The Morgan fingerprint density at radius 1 is 1.44 bits per heavy atom. The third-order valence-electron chi connectivity index (χ3n) is 3.09. The molecule has 2 unspecified atom stereocenters. The molecule has 98 valence electrons. The third-order valence-corrected chi connectivity index (χ3v) is 3.38. The summed E-state index contributed by atoms with van der Waals surface area (Å²) < 4.78 is 5.76. The van der Waals surface area contributed by atoms with Crippen molar-refractivity contribution in [2.24, 2.45) is 5.73 Å². The van der Waals surface area contributed by atoms with E-state index in [1.165, 1.54) is 12.1 Å². The molecule has 0 aromatic heterocycles. The van der Waals surface area contributed by atoms with Crippen LogP contribution in [-0.2, 0) is 0 Å². The lowest BCUT2D eigenvalue weighted by Crippen LogP contribution is -2.33. The zero-order chi connectivity index (χ0) is 13.1. The fourth-order valence-electron chi connectivity index (χ4n) is 2.17. The first-order chi connectivity index (χ1) is 8.56. The molecule has 2 N–H and O–H groups in total. The van der Waals surface area contributed by atoms with Crippen LogP contribution < -0.4 is 10.5 Å². The average Bonchev–Trinajstić information content (AvgIpc) is 2.31. The summed E-state index contributed by atoms with van der Waals surface area (Å²) in [6.07, 6.45) is 3.85. The van der Waals surface area contributed by atoms with Gasteiger partial charge in [-0.2, -0.15) is 0 Å². The molecule has 0 heterocycles. The second-order valence-corrected chi connectivity index (χ2v) is 4.95. The van der Waals surface area contributed by atoms with Gasteiger partial charge in [-0.05, 0) is 31.7 Å². The Bertz CT molecular complexity index is 453. The molecule has 0 saturated heterocycles. The van der Waals surface area contributed by atoms with E-state index in [1.807, 2.05) is 0 Å². The highest BCUT2D eigenvalue weighted by atomic mass is 35.5. The van der Waals surface area contributed by atoms with Gasteiger partial charge in [0, 0.05) is 18.2 Å². The van der Waals surface area contributed by atoms with E-state index < -0.39 is 4.92 Å². The largest absolute Gasteiger partial charge is 0.489 e. The second-order valence-electron chi connectivity index (χ2n) is 4.54. The minimum Gasteiger partial charge on any atom is -0.489 e. The molecule has 0 aliphatic heterocycles. The van der Waals surface area contributed by atoms with E-state index >= 15 is 0 Å².